The topological polar surface area (TPSA) is 84.4 Å². The van der Waals surface area contributed by atoms with Crippen LogP contribution < -0.4 is 15.0 Å². The molecule has 0 aliphatic carbocycles. The number of aromatic nitrogens is 2. The molecule has 0 fully saturated rings. The van der Waals surface area contributed by atoms with Gasteiger partial charge in [0.1, 0.15) is 18.4 Å². The van der Waals surface area contributed by atoms with Crippen LogP contribution in [0.25, 0.3) is 11.3 Å². The number of aryl methyl sites for hydroxylation is 1. The fraction of sp³-hybridized carbons (Fsp3) is 0.182. The molecule has 1 atom stereocenters. The first-order chi connectivity index (χ1) is 14.4. The molecule has 1 aliphatic heterocycles. The largest absolute Gasteiger partial charge is 0.489 e. The van der Waals surface area contributed by atoms with E-state index in [0.717, 1.165) is 15.6 Å². The number of ether oxygens (including phenoxy) is 1. The number of nitrogens with one attached hydrogen (secondary N) is 1. The summed E-state index contributed by atoms with van der Waals surface area (Å²) in [6, 6.07) is 14.1. The predicted octanol–water partition coefficient (Wildman–Crippen LogP) is 3.37. The molecule has 30 heavy (non-hydrogen) atoms. The Bertz CT molecular complexity index is 1120. The molecular formula is C22H19BrN4O3. The summed E-state index contributed by atoms with van der Waals surface area (Å²) >= 11 is 3.40. The lowest BCUT2D eigenvalue weighted by atomic mass is 10.1. The normalized spacial score (nSPS) is 15.8. The summed E-state index contributed by atoms with van der Waals surface area (Å²) in [6.07, 6.45) is 1.61. The molecule has 1 aromatic heterocycles. The number of nitrogens with zero attached hydrogens (tertiary/aromatic N) is 3. The lowest BCUT2D eigenvalue weighted by Crippen LogP contribution is -2.49. The van der Waals surface area contributed by atoms with E-state index in [0.29, 0.717) is 17.1 Å². The maximum absolute atomic E-state index is 12.9. The quantitative estimate of drug-likeness (QED) is 0.639. The molecule has 2 aromatic carbocycles. The van der Waals surface area contributed by atoms with Crippen molar-refractivity contribution in [2.45, 2.75) is 13.0 Å². The summed E-state index contributed by atoms with van der Waals surface area (Å²) in [4.78, 5) is 35.8. The van der Waals surface area contributed by atoms with Gasteiger partial charge >= 0.3 is 0 Å². The fourth-order valence-electron chi connectivity index (χ4n) is 3.24. The molecule has 0 saturated carbocycles. The number of carbonyl (C=O) groups excluding carboxylic acids is 2. The number of rotatable bonds is 3. The molecule has 1 N–H and O–H groups in total. The van der Waals surface area contributed by atoms with Crippen LogP contribution in [0.1, 0.15) is 16.2 Å². The number of fused-ring (bicyclic) bond motifs is 1. The van der Waals surface area contributed by atoms with Gasteiger partial charge in [0.15, 0.2) is 0 Å². The molecule has 2 amide bonds. The molecule has 8 heteroatoms. The zero-order valence-electron chi connectivity index (χ0n) is 16.4. The van der Waals surface area contributed by atoms with Crippen LogP contribution in [0, 0.1) is 6.92 Å². The number of hydrogen-bond donors (Lipinski definition) is 1. The second kappa shape index (κ2) is 8.23. The van der Waals surface area contributed by atoms with E-state index < -0.39 is 11.9 Å². The summed E-state index contributed by atoms with van der Waals surface area (Å²) in [7, 11) is 1.65. The third-order valence-corrected chi connectivity index (χ3v) is 5.34. The Balaban J connectivity index is 1.57. The Morgan fingerprint density at radius 1 is 1.23 bits per heavy atom. The van der Waals surface area contributed by atoms with E-state index in [-0.39, 0.29) is 18.3 Å². The van der Waals surface area contributed by atoms with E-state index in [1.165, 1.54) is 4.90 Å². The van der Waals surface area contributed by atoms with Crippen molar-refractivity contribution < 1.29 is 14.3 Å². The number of hydrogen-bond acceptors (Lipinski definition) is 5. The molecule has 0 saturated heterocycles. The van der Waals surface area contributed by atoms with Crippen LogP contribution in [0.2, 0.25) is 0 Å². The average Bonchev–Trinajstić information content (AvgIpc) is 2.87. The van der Waals surface area contributed by atoms with Crippen LogP contribution >= 0.6 is 15.9 Å². The van der Waals surface area contributed by atoms with Crippen LogP contribution in [-0.4, -0.2) is 41.5 Å². The number of amides is 2. The van der Waals surface area contributed by atoms with Gasteiger partial charge in [-0.1, -0.05) is 46.3 Å². The first-order valence-electron chi connectivity index (χ1n) is 9.34. The van der Waals surface area contributed by atoms with Crippen molar-refractivity contribution in [3.8, 4) is 17.0 Å². The molecule has 3 aromatic rings. The van der Waals surface area contributed by atoms with Crippen molar-refractivity contribution in [2.75, 3.05) is 18.6 Å². The SMILES string of the molecule is Cc1cnc(C(=O)NC2COc3ccc(Br)cc3N(C)C2=O)nc1-c1ccccc1. The van der Waals surface area contributed by atoms with E-state index in [1.807, 2.05) is 43.3 Å². The number of halogens is 1. The highest BCUT2D eigenvalue weighted by Gasteiger charge is 2.31. The number of likely N-dealkylation sites (N-methyl/N-ethyl adjacent to an activating group) is 1. The molecule has 152 valence electrons. The zero-order chi connectivity index (χ0) is 21.3. The molecule has 2 heterocycles. The van der Waals surface area contributed by atoms with Gasteiger partial charge in [-0.15, -0.1) is 0 Å². The van der Waals surface area contributed by atoms with E-state index in [9.17, 15) is 9.59 Å². The van der Waals surface area contributed by atoms with Crippen molar-refractivity contribution in [2.24, 2.45) is 0 Å². The first-order valence-corrected chi connectivity index (χ1v) is 10.1. The van der Waals surface area contributed by atoms with E-state index in [1.54, 1.807) is 25.4 Å². The molecule has 4 rings (SSSR count). The monoisotopic (exact) mass is 466 g/mol. The zero-order valence-corrected chi connectivity index (χ0v) is 18.0. The smallest absolute Gasteiger partial charge is 0.289 e. The summed E-state index contributed by atoms with van der Waals surface area (Å²) in [5, 5.41) is 2.71. The van der Waals surface area contributed by atoms with Crippen LogP contribution in [0.4, 0.5) is 5.69 Å². The molecule has 0 radical (unpaired) electrons. The molecule has 0 spiro atoms. The van der Waals surface area contributed by atoms with Crippen LogP contribution in [0.3, 0.4) is 0 Å². The second-order valence-electron chi connectivity index (χ2n) is 6.94. The molecule has 0 bridgehead atoms. The highest BCUT2D eigenvalue weighted by Crippen LogP contribution is 2.33. The van der Waals surface area contributed by atoms with Gasteiger partial charge in [0.05, 0.1) is 11.4 Å². The van der Waals surface area contributed by atoms with Gasteiger partial charge in [-0.05, 0) is 30.7 Å². The van der Waals surface area contributed by atoms with E-state index in [4.69, 9.17) is 4.74 Å². The van der Waals surface area contributed by atoms with Crippen molar-refractivity contribution in [3.63, 3.8) is 0 Å². The third-order valence-electron chi connectivity index (χ3n) is 4.84. The third kappa shape index (κ3) is 3.91. The molecule has 1 aliphatic rings. The minimum atomic E-state index is -0.862. The molecular weight excluding hydrogens is 448 g/mol. The van der Waals surface area contributed by atoms with Gasteiger partial charge in [-0.3, -0.25) is 9.59 Å². The lowest BCUT2D eigenvalue weighted by Gasteiger charge is -2.20. The highest BCUT2D eigenvalue weighted by molar-refractivity contribution is 9.10. The van der Waals surface area contributed by atoms with Gasteiger partial charge in [0.2, 0.25) is 5.82 Å². The highest BCUT2D eigenvalue weighted by atomic mass is 79.9. The Hall–Kier alpha value is -3.26. The van der Waals surface area contributed by atoms with Crippen molar-refractivity contribution in [3.05, 3.63) is 70.6 Å². The van der Waals surface area contributed by atoms with Gasteiger partial charge in [0, 0.05) is 23.3 Å². The van der Waals surface area contributed by atoms with Gasteiger partial charge in [-0.25, -0.2) is 9.97 Å². The Labute approximate surface area is 182 Å². The van der Waals surface area contributed by atoms with Crippen molar-refractivity contribution >= 4 is 33.4 Å². The standard InChI is InChI=1S/C22H19BrN4O3/c1-13-11-24-20(26-19(13)14-6-4-3-5-7-14)21(28)25-16-12-30-18-9-8-15(23)10-17(18)27(2)22(16)29/h3-11,16H,12H2,1-2H3,(H,25,28). The summed E-state index contributed by atoms with van der Waals surface area (Å²) < 4.78 is 6.59. The van der Waals surface area contributed by atoms with Gasteiger partial charge in [-0.2, -0.15) is 0 Å². The minimum absolute atomic E-state index is 0.000545. The summed E-state index contributed by atoms with van der Waals surface area (Å²) in [5.74, 6) is -0.242. The van der Waals surface area contributed by atoms with Crippen molar-refractivity contribution in [1.29, 1.82) is 0 Å². The minimum Gasteiger partial charge on any atom is -0.489 e. The predicted molar refractivity (Wildman–Crippen MR) is 117 cm³/mol. The van der Waals surface area contributed by atoms with Crippen molar-refractivity contribution in [1.82, 2.24) is 15.3 Å². The Morgan fingerprint density at radius 3 is 2.77 bits per heavy atom. The maximum Gasteiger partial charge on any atom is 0.289 e. The maximum atomic E-state index is 12.9. The van der Waals surface area contributed by atoms with E-state index >= 15 is 0 Å². The van der Waals surface area contributed by atoms with Crippen LogP contribution in [-0.2, 0) is 4.79 Å². The first kappa shape index (κ1) is 20.0. The molecule has 1 unspecified atom stereocenters. The van der Waals surface area contributed by atoms with E-state index in [2.05, 4.69) is 31.2 Å². The number of anilines is 1. The fourth-order valence-corrected chi connectivity index (χ4v) is 3.59. The Kier molecular flexibility index (Phi) is 5.50. The lowest BCUT2D eigenvalue weighted by molar-refractivity contribution is -0.120. The van der Waals surface area contributed by atoms with Gasteiger partial charge in [0.25, 0.3) is 11.8 Å². The summed E-state index contributed by atoms with van der Waals surface area (Å²) in [5.41, 5.74) is 3.05. The number of benzene rings is 2. The number of carbonyl (C=O) groups is 2. The Morgan fingerprint density at radius 2 is 2.00 bits per heavy atom. The second-order valence-corrected chi connectivity index (χ2v) is 7.85. The van der Waals surface area contributed by atoms with Crippen LogP contribution in [0.15, 0.2) is 59.2 Å². The van der Waals surface area contributed by atoms with Crippen LogP contribution in [0.5, 0.6) is 5.75 Å². The summed E-state index contributed by atoms with van der Waals surface area (Å²) in [6.45, 7) is 1.90. The van der Waals surface area contributed by atoms with Gasteiger partial charge < -0.3 is 15.0 Å². The average molecular weight is 467 g/mol. The molecule has 7 nitrogen and oxygen atoms in total.